The molecule has 1 aliphatic heterocycles. The van der Waals surface area contributed by atoms with Gasteiger partial charge in [-0.25, -0.2) is 9.97 Å². The van der Waals surface area contributed by atoms with E-state index in [1.807, 2.05) is 53.4 Å². The molecular formula is C20H19N3O. The highest BCUT2D eigenvalue weighted by molar-refractivity contribution is 6.04. The van der Waals surface area contributed by atoms with Crippen LogP contribution >= 0.6 is 0 Å². The summed E-state index contributed by atoms with van der Waals surface area (Å²) in [5.74, 6) is 0.105. The third-order valence-corrected chi connectivity index (χ3v) is 4.60. The van der Waals surface area contributed by atoms with Gasteiger partial charge in [-0.3, -0.25) is 4.79 Å². The molecule has 0 saturated carbocycles. The summed E-state index contributed by atoms with van der Waals surface area (Å²) in [6.07, 6.45) is 4.95. The number of benzene rings is 2. The molecule has 4 nitrogen and oxygen atoms in total. The maximum Gasteiger partial charge on any atom is 0.254 e. The molecule has 0 spiro atoms. The number of amides is 1. The Labute approximate surface area is 141 Å². The van der Waals surface area contributed by atoms with Crippen molar-refractivity contribution in [2.75, 3.05) is 13.1 Å². The van der Waals surface area contributed by atoms with Crippen molar-refractivity contribution < 1.29 is 4.79 Å². The van der Waals surface area contributed by atoms with Crippen LogP contribution in [0.15, 0.2) is 54.9 Å². The van der Waals surface area contributed by atoms with Crippen LogP contribution < -0.4 is 0 Å². The van der Waals surface area contributed by atoms with Crippen molar-refractivity contribution in [3.63, 3.8) is 0 Å². The molecule has 0 N–H and O–H groups in total. The first-order valence-corrected chi connectivity index (χ1v) is 8.43. The van der Waals surface area contributed by atoms with Crippen molar-refractivity contribution in [1.82, 2.24) is 14.9 Å². The van der Waals surface area contributed by atoms with E-state index in [4.69, 9.17) is 0 Å². The Bertz CT molecular complexity index is 879. The van der Waals surface area contributed by atoms with E-state index >= 15 is 0 Å². The Hall–Kier alpha value is -2.75. The van der Waals surface area contributed by atoms with E-state index in [0.29, 0.717) is 0 Å². The summed E-state index contributed by atoms with van der Waals surface area (Å²) < 4.78 is 0. The molecule has 2 aromatic carbocycles. The number of piperidine rings is 1. The lowest BCUT2D eigenvalue weighted by molar-refractivity contribution is 0.0725. The number of rotatable bonds is 2. The Morgan fingerprint density at radius 2 is 1.62 bits per heavy atom. The molecule has 1 saturated heterocycles. The normalized spacial score (nSPS) is 14.8. The smallest absolute Gasteiger partial charge is 0.254 e. The first kappa shape index (κ1) is 14.8. The van der Waals surface area contributed by atoms with Gasteiger partial charge >= 0.3 is 0 Å². The molecule has 4 rings (SSSR count). The second-order valence-corrected chi connectivity index (χ2v) is 6.14. The van der Waals surface area contributed by atoms with Crippen LogP contribution in [0.1, 0.15) is 29.6 Å². The molecule has 1 aromatic heterocycles. The lowest BCUT2D eigenvalue weighted by Gasteiger charge is -2.27. The van der Waals surface area contributed by atoms with E-state index in [-0.39, 0.29) is 5.91 Å². The number of carbonyl (C=O) groups is 1. The van der Waals surface area contributed by atoms with Crippen molar-refractivity contribution in [3.05, 3.63) is 60.4 Å². The number of fused-ring (bicyclic) bond motifs is 1. The van der Waals surface area contributed by atoms with Crippen LogP contribution in [-0.4, -0.2) is 33.9 Å². The molecule has 0 bridgehead atoms. The molecule has 0 atom stereocenters. The summed E-state index contributed by atoms with van der Waals surface area (Å²) in [7, 11) is 0. The Balaban J connectivity index is 1.83. The number of nitrogens with zero attached hydrogens (tertiary/aromatic N) is 3. The van der Waals surface area contributed by atoms with Crippen molar-refractivity contribution in [2.24, 2.45) is 0 Å². The monoisotopic (exact) mass is 317 g/mol. The molecule has 0 radical (unpaired) electrons. The molecule has 120 valence electrons. The number of para-hydroxylation sites is 1. The van der Waals surface area contributed by atoms with Gasteiger partial charge < -0.3 is 4.90 Å². The molecule has 24 heavy (non-hydrogen) atoms. The largest absolute Gasteiger partial charge is 0.339 e. The third-order valence-electron chi connectivity index (χ3n) is 4.60. The summed E-state index contributed by atoms with van der Waals surface area (Å²) in [6, 6.07) is 15.7. The van der Waals surface area contributed by atoms with Crippen LogP contribution in [0.2, 0.25) is 0 Å². The van der Waals surface area contributed by atoms with Gasteiger partial charge in [0.1, 0.15) is 6.33 Å². The van der Waals surface area contributed by atoms with Gasteiger partial charge in [0.2, 0.25) is 0 Å². The summed E-state index contributed by atoms with van der Waals surface area (Å²) >= 11 is 0. The number of carbonyl (C=O) groups excluding carboxylic acids is 1. The second kappa shape index (κ2) is 6.40. The molecule has 0 unspecified atom stereocenters. The van der Waals surface area contributed by atoms with Gasteiger partial charge in [-0.2, -0.15) is 0 Å². The van der Waals surface area contributed by atoms with Gasteiger partial charge in [-0.15, -0.1) is 0 Å². The molecule has 0 aliphatic carbocycles. The van der Waals surface area contributed by atoms with Crippen LogP contribution in [0.5, 0.6) is 0 Å². The SMILES string of the molecule is O=C(c1ccccc1-c1ncnc2ccccc12)N1CCCCC1. The molecule has 4 heteroatoms. The average Bonchev–Trinajstić information content (AvgIpc) is 2.68. The maximum absolute atomic E-state index is 13.0. The predicted octanol–water partition coefficient (Wildman–Crippen LogP) is 3.92. The maximum atomic E-state index is 13.0. The van der Waals surface area contributed by atoms with Gasteiger partial charge in [-0.05, 0) is 31.4 Å². The minimum absolute atomic E-state index is 0.105. The molecule has 3 aromatic rings. The fraction of sp³-hybridized carbons (Fsp3) is 0.250. The van der Waals surface area contributed by atoms with E-state index in [2.05, 4.69) is 9.97 Å². The highest BCUT2D eigenvalue weighted by Gasteiger charge is 2.22. The minimum Gasteiger partial charge on any atom is -0.339 e. The van der Waals surface area contributed by atoms with Crippen LogP contribution in [0.25, 0.3) is 22.2 Å². The molecule has 1 fully saturated rings. The van der Waals surface area contributed by atoms with E-state index in [0.717, 1.165) is 53.7 Å². The van der Waals surface area contributed by atoms with Gasteiger partial charge in [0.25, 0.3) is 5.91 Å². The minimum atomic E-state index is 0.105. The van der Waals surface area contributed by atoms with Crippen LogP contribution in [0.4, 0.5) is 0 Å². The molecule has 2 heterocycles. The van der Waals surface area contributed by atoms with E-state index in [1.165, 1.54) is 6.42 Å². The number of hydrogen-bond donors (Lipinski definition) is 0. The first-order valence-electron chi connectivity index (χ1n) is 8.43. The lowest BCUT2D eigenvalue weighted by Crippen LogP contribution is -2.35. The van der Waals surface area contributed by atoms with Gasteiger partial charge in [-0.1, -0.05) is 36.4 Å². The zero-order valence-electron chi connectivity index (χ0n) is 13.5. The first-order chi connectivity index (χ1) is 11.8. The highest BCUT2D eigenvalue weighted by Crippen LogP contribution is 2.29. The topological polar surface area (TPSA) is 46.1 Å². The molecule has 1 amide bonds. The molecular weight excluding hydrogens is 298 g/mol. The highest BCUT2D eigenvalue weighted by atomic mass is 16.2. The van der Waals surface area contributed by atoms with Crippen molar-refractivity contribution >= 4 is 16.8 Å². The lowest BCUT2D eigenvalue weighted by atomic mass is 9.99. The van der Waals surface area contributed by atoms with Crippen LogP contribution in [-0.2, 0) is 0 Å². The second-order valence-electron chi connectivity index (χ2n) is 6.14. The van der Waals surface area contributed by atoms with E-state index in [1.54, 1.807) is 6.33 Å². The Morgan fingerprint density at radius 1 is 0.875 bits per heavy atom. The zero-order chi connectivity index (χ0) is 16.4. The third kappa shape index (κ3) is 2.64. The number of aromatic nitrogens is 2. The van der Waals surface area contributed by atoms with Crippen LogP contribution in [0.3, 0.4) is 0 Å². The number of hydrogen-bond acceptors (Lipinski definition) is 3. The average molecular weight is 317 g/mol. The summed E-state index contributed by atoms with van der Waals surface area (Å²) in [4.78, 5) is 23.8. The van der Waals surface area contributed by atoms with Gasteiger partial charge in [0.15, 0.2) is 0 Å². The summed E-state index contributed by atoms with van der Waals surface area (Å²) in [6.45, 7) is 1.69. The van der Waals surface area contributed by atoms with Crippen molar-refractivity contribution in [1.29, 1.82) is 0 Å². The molecule has 1 aliphatic rings. The Morgan fingerprint density at radius 3 is 2.50 bits per heavy atom. The standard InChI is InChI=1S/C20H19N3O/c24-20(23-12-6-1-7-13-23)16-9-3-2-8-15(16)19-17-10-4-5-11-18(17)21-14-22-19/h2-5,8-11,14H,1,6-7,12-13H2. The van der Waals surface area contributed by atoms with Crippen LogP contribution in [0, 0.1) is 0 Å². The van der Waals surface area contributed by atoms with Crippen molar-refractivity contribution in [2.45, 2.75) is 19.3 Å². The zero-order valence-corrected chi connectivity index (χ0v) is 13.5. The number of likely N-dealkylation sites (tertiary alicyclic amines) is 1. The fourth-order valence-corrected chi connectivity index (χ4v) is 3.36. The summed E-state index contributed by atoms with van der Waals surface area (Å²) in [5, 5.41) is 0.971. The quantitative estimate of drug-likeness (QED) is 0.719. The van der Waals surface area contributed by atoms with E-state index in [9.17, 15) is 4.79 Å². The Kier molecular flexibility index (Phi) is 3.95. The van der Waals surface area contributed by atoms with Crippen molar-refractivity contribution in [3.8, 4) is 11.3 Å². The van der Waals surface area contributed by atoms with Gasteiger partial charge in [0, 0.05) is 29.6 Å². The fourth-order valence-electron chi connectivity index (χ4n) is 3.36. The van der Waals surface area contributed by atoms with E-state index < -0.39 is 0 Å². The van der Waals surface area contributed by atoms with Gasteiger partial charge in [0.05, 0.1) is 11.2 Å². The summed E-state index contributed by atoms with van der Waals surface area (Å²) in [5.41, 5.74) is 3.32. The predicted molar refractivity (Wildman–Crippen MR) is 94.7 cm³/mol.